The van der Waals surface area contributed by atoms with Gasteiger partial charge in [-0.2, -0.15) is 5.10 Å². The van der Waals surface area contributed by atoms with Crippen LogP contribution in [0.5, 0.6) is 0 Å². The van der Waals surface area contributed by atoms with Crippen molar-refractivity contribution < 1.29 is 4.79 Å². The van der Waals surface area contributed by atoms with Crippen LogP contribution in [0.25, 0.3) is 0 Å². The van der Waals surface area contributed by atoms with Gasteiger partial charge >= 0.3 is 0 Å². The van der Waals surface area contributed by atoms with Crippen LogP contribution in [-0.4, -0.2) is 22.2 Å². The highest BCUT2D eigenvalue weighted by atomic mass is 16.1. The van der Waals surface area contributed by atoms with Gasteiger partial charge in [0.2, 0.25) is 0 Å². The van der Waals surface area contributed by atoms with Crippen molar-refractivity contribution in [2.24, 2.45) is 0 Å². The Kier molecular flexibility index (Phi) is 4.62. The van der Waals surface area contributed by atoms with Crippen LogP contribution < -0.4 is 10.6 Å². The van der Waals surface area contributed by atoms with Crippen molar-refractivity contribution in [2.75, 3.05) is 17.2 Å². The van der Waals surface area contributed by atoms with Crippen molar-refractivity contribution in [1.29, 1.82) is 0 Å². The van der Waals surface area contributed by atoms with E-state index < -0.39 is 0 Å². The molecule has 0 aliphatic heterocycles. The lowest BCUT2D eigenvalue weighted by atomic mass is 10.1. The molecule has 5 heteroatoms. The number of aromatic nitrogens is 2. The number of carbonyl (C=O) groups excluding carboxylic acids is 1. The Morgan fingerprint density at radius 1 is 1.38 bits per heavy atom. The molecule has 1 amide bonds. The fourth-order valence-corrected chi connectivity index (χ4v) is 2.08. The summed E-state index contributed by atoms with van der Waals surface area (Å²) in [5, 5.41) is 10.3. The fourth-order valence-electron chi connectivity index (χ4n) is 2.08. The second kappa shape index (κ2) is 6.43. The summed E-state index contributed by atoms with van der Waals surface area (Å²) in [6.45, 7) is 8.99. The largest absolute Gasteiger partial charge is 0.385 e. The maximum atomic E-state index is 12.2. The third-order valence-corrected chi connectivity index (χ3v) is 3.24. The molecule has 5 nitrogen and oxygen atoms in total. The first kappa shape index (κ1) is 15.1. The van der Waals surface area contributed by atoms with Crippen molar-refractivity contribution >= 4 is 17.3 Å². The number of nitrogens with one attached hydrogen (secondary N) is 2. The number of anilines is 2. The van der Waals surface area contributed by atoms with Crippen molar-refractivity contribution in [1.82, 2.24) is 9.78 Å². The molecular formula is C16H22N4O. The van der Waals surface area contributed by atoms with Crippen LogP contribution in [-0.2, 0) is 0 Å². The molecule has 0 spiro atoms. The molecule has 0 saturated heterocycles. The van der Waals surface area contributed by atoms with Crippen LogP contribution in [0.4, 0.5) is 11.4 Å². The summed E-state index contributed by atoms with van der Waals surface area (Å²) in [6.07, 6.45) is 3.50. The number of benzene rings is 1. The zero-order valence-corrected chi connectivity index (χ0v) is 13.0. The second-order valence-corrected chi connectivity index (χ2v) is 5.32. The van der Waals surface area contributed by atoms with E-state index >= 15 is 0 Å². The van der Waals surface area contributed by atoms with Gasteiger partial charge in [-0.15, -0.1) is 0 Å². The van der Waals surface area contributed by atoms with Crippen LogP contribution in [0.2, 0.25) is 0 Å². The summed E-state index contributed by atoms with van der Waals surface area (Å²) in [5.41, 5.74) is 3.47. The van der Waals surface area contributed by atoms with E-state index in [9.17, 15) is 4.79 Å². The first-order chi connectivity index (χ1) is 10.0. The zero-order chi connectivity index (χ0) is 15.4. The Balaban J connectivity index is 2.10. The molecule has 0 bridgehead atoms. The number of hydrogen-bond donors (Lipinski definition) is 2. The Bertz CT molecular complexity index is 631. The summed E-state index contributed by atoms with van der Waals surface area (Å²) in [6, 6.07) is 5.93. The summed E-state index contributed by atoms with van der Waals surface area (Å²) in [5.74, 6) is -0.121. The van der Waals surface area contributed by atoms with Gasteiger partial charge in [-0.1, -0.05) is 0 Å². The molecule has 21 heavy (non-hydrogen) atoms. The summed E-state index contributed by atoms with van der Waals surface area (Å²) in [7, 11) is 0. The molecule has 1 heterocycles. The van der Waals surface area contributed by atoms with Crippen molar-refractivity contribution in [3.05, 3.63) is 41.7 Å². The van der Waals surface area contributed by atoms with Crippen LogP contribution >= 0.6 is 0 Å². The van der Waals surface area contributed by atoms with E-state index in [1.54, 1.807) is 6.20 Å². The quantitative estimate of drug-likeness (QED) is 0.885. The topological polar surface area (TPSA) is 59.0 Å². The van der Waals surface area contributed by atoms with E-state index in [2.05, 4.69) is 15.7 Å². The third-order valence-electron chi connectivity index (χ3n) is 3.24. The molecule has 2 rings (SSSR count). The summed E-state index contributed by atoms with van der Waals surface area (Å²) < 4.78 is 1.81. The van der Waals surface area contributed by atoms with Gasteiger partial charge in [0.1, 0.15) is 0 Å². The lowest BCUT2D eigenvalue weighted by Crippen LogP contribution is -2.12. The lowest BCUT2D eigenvalue weighted by molar-refractivity contribution is 0.102. The molecule has 0 aliphatic rings. The first-order valence-electron chi connectivity index (χ1n) is 7.21. The highest BCUT2D eigenvalue weighted by Crippen LogP contribution is 2.18. The third kappa shape index (κ3) is 3.62. The molecule has 2 N–H and O–H groups in total. The van der Waals surface area contributed by atoms with Crippen LogP contribution in [0.3, 0.4) is 0 Å². The minimum absolute atomic E-state index is 0.121. The number of aryl methyl sites for hydroxylation is 1. The van der Waals surface area contributed by atoms with Gasteiger partial charge in [0.15, 0.2) is 0 Å². The van der Waals surface area contributed by atoms with Crippen molar-refractivity contribution in [2.45, 2.75) is 33.7 Å². The average molecular weight is 286 g/mol. The number of rotatable bonds is 5. The van der Waals surface area contributed by atoms with E-state index in [0.29, 0.717) is 11.3 Å². The standard InChI is InChI=1S/C16H22N4O/c1-5-17-15-7-6-13(8-12(15)4)16(21)19-14-9-18-20(10-14)11(2)3/h6-11,17H,5H2,1-4H3,(H,19,21). The van der Waals surface area contributed by atoms with Crippen LogP contribution in [0, 0.1) is 6.92 Å². The maximum absolute atomic E-state index is 12.2. The molecule has 0 aliphatic carbocycles. The highest BCUT2D eigenvalue weighted by Gasteiger charge is 2.10. The van der Waals surface area contributed by atoms with Gasteiger partial charge in [-0.25, -0.2) is 0 Å². The number of nitrogens with zero attached hydrogens (tertiary/aromatic N) is 2. The molecule has 0 unspecified atom stereocenters. The van der Waals surface area contributed by atoms with E-state index in [0.717, 1.165) is 17.8 Å². The van der Waals surface area contributed by atoms with Gasteiger partial charge in [-0.05, 0) is 51.5 Å². The summed E-state index contributed by atoms with van der Waals surface area (Å²) >= 11 is 0. The Morgan fingerprint density at radius 2 is 2.14 bits per heavy atom. The molecule has 1 aromatic carbocycles. The van der Waals surface area contributed by atoms with Crippen LogP contribution in [0.15, 0.2) is 30.6 Å². The van der Waals surface area contributed by atoms with Gasteiger partial charge in [0.05, 0.1) is 11.9 Å². The van der Waals surface area contributed by atoms with E-state index in [4.69, 9.17) is 0 Å². The molecule has 1 aromatic heterocycles. The van der Waals surface area contributed by atoms with E-state index in [-0.39, 0.29) is 11.9 Å². The molecule has 2 aromatic rings. The Hall–Kier alpha value is -2.30. The molecule has 0 radical (unpaired) electrons. The first-order valence-corrected chi connectivity index (χ1v) is 7.21. The van der Waals surface area contributed by atoms with E-state index in [1.165, 1.54) is 0 Å². The zero-order valence-electron chi connectivity index (χ0n) is 13.0. The smallest absolute Gasteiger partial charge is 0.255 e. The minimum atomic E-state index is -0.121. The number of hydrogen-bond acceptors (Lipinski definition) is 3. The monoisotopic (exact) mass is 286 g/mol. The van der Waals surface area contributed by atoms with Gasteiger partial charge < -0.3 is 10.6 Å². The van der Waals surface area contributed by atoms with Crippen LogP contribution in [0.1, 0.15) is 42.7 Å². The predicted octanol–water partition coefficient (Wildman–Crippen LogP) is 3.46. The fraction of sp³-hybridized carbons (Fsp3) is 0.375. The van der Waals surface area contributed by atoms with Gasteiger partial charge in [-0.3, -0.25) is 9.48 Å². The Labute approximate surface area is 125 Å². The second-order valence-electron chi connectivity index (χ2n) is 5.32. The molecule has 0 saturated carbocycles. The molecule has 112 valence electrons. The minimum Gasteiger partial charge on any atom is -0.385 e. The average Bonchev–Trinajstić information content (AvgIpc) is 2.90. The predicted molar refractivity (Wildman–Crippen MR) is 85.9 cm³/mol. The molecule has 0 atom stereocenters. The normalized spacial score (nSPS) is 10.7. The SMILES string of the molecule is CCNc1ccc(C(=O)Nc2cnn(C(C)C)c2)cc1C. The highest BCUT2D eigenvalue weighted by molar-refractivity contribution is 6.04. The molecule has 0 fully saturated rings. The number of amides is 1. The van der Waals surface area contributed by atoms with Gasteiger partial charge in [0, 0.05) is 30.0 Å². The lowest BCUT2D eigenvalue weighted by Gasteiger charge is -2.09. The summed E-state index contributed by atoms with van der Waals surface area (Å²) in [4.78, 5) is 12.2. The van der Waals surface area contributed by atoms with Crippen molar-refractivity contribution in [3.63, 3.8) is 0 Å². The maximum Gasteiger partial charge on any atom is 0.255 e. The Morgan fingerprint density at radius 3 is 2.71 bits per heavy atom. The molecular weight excluding hydrogens is 264 g/mol. The van der Waals surface area contributed by atoms with E-state index in [1.807, 2.05) is 56.8 Å². The van der Waals surface area contributed by atoms with Crippen molar-refractivity contribution in [3.8, 4) is 0 Å². The number of carbonyl (C=O) groups is 1. The van der Waals surface area contributed by atoms with Gasteiger partial charge in [0.25, 0.3) is 5.91 Å².